The molecular weight excluding hydrogens is 469 g/mol. The highest BCUT2D eigenvalue weighted by Gasteiger charge is 2.36. The van der Waals surface area contributed by atoms with Crippen LogP contribution in [0.1, 0.15) is 32.9 Å². The van der Waals surface area contributed by atoms with Gasteiger partial charge in [0.1, 0.15) is 18.5 Å². The number of aromatic amines is 1. The summed E-state index contributed by atoms with van der Waals surface area (Å²) in [5, 5.41) is 4.12. The van der Waals surface area contributed by atoms with Gasteiger partial charge in [0, 0.05) is 36.7 Å². The van der Waals surface area contributed by atoms with E-state index in [1.54, 1.807) is 17.9 Å². The molecule has 4 heterocycles. The number of aromatic nitrogens is 1. The number of carbonyl (C=O) groups excluding carboxylic acids is 3. The molecule has 0 radical (unpaired) electrons. The van der Waals surface area contributed by atoms with Crippen LogP contribution in [0, 0.1) is 19.7 Å². The number of hydroxylamine groups is 2. The third-order valence-corrected chi connectivity index (χ3v) is 7.03. The van der Waals surface area contributed by atoms with Gasteiger partial charge >= 0.3 is 0 Å². The van der Waals surface area contributed by atoms with Crippen LogP contribution in [-0.2, 0) is 32.1 Å². The van der Waals surface area contributed by atoms with Gasteiger partial charge in [-0.25, -0.2) is 9.45 Å². The van der Waals surface area contributed by atoms with Crippen LogP contribution in [0.15, 0.2) is 18.2 Å². The van der Waals surface area contributed by atoms with Crippen molar-refractivity contribution >= 4 is 23.4 Å². The van der Waals surface area contributed by atoms with E-state index < -0.39 is 6.04 Å². The van der Waals surface area contributed by atoms with Crippen molar-refractivity contribution in [3.63, 3.8) is 0 Å². The summed E-state index contributed by atoms with van der Waals surface area (Å²) in [5.74, 6) is -1.15. The third-order valence-electron chi connectivity index (χ3n) is 7.03. The number of halogens is 1. The van der Waals surface area contributed by atoms with Crippen LogP contribution in [0.25, 0.3) is 0 Å². The van der Waals surface area contributed by atoms with Gasteiger partial charge in [0.2, 0.25) is 5.91 Å². The Morgan fingerprint density at radius 1 is 1.19 bits per heavy atom. The van der Waals surface area contributed by atoms with Crippen molar-refractivity contribution in [3.05, 3.63) is 52.1 Å². The second-order valence-corrected chi connectivity index (χ2v) is 9.37. The van der Waals surface area contributed by atoms with Crippen molar-refractivity contribution in [1.82, 2.24) is 20.3 Å². The Hall–Kier alpha value is -3.28. The Labute approximate surface area is 208 Å². The summed E-state index contributed by atoms with van der Waals surface area (Å²) in [6, 6.07) is 3.55. The van der Waals surface area contributed by atoms with E-state index in [2.05, 4.69) is 15.2 Å². The van der Waals surface area contributed by atoms with Gasteiger partial charge in [-0.05, 0) is 43.2 Å². The molecule has 2 N–H and O–H groups in total. The van der Waals surface area contributed by atoms with Crippen molar-refractivity contribution in [2.75, 3.05) is 50.9 Å². The summed E-state index contributed by atoms with van der Waals surface area (Å²) in [6.45, 7) is 8.02. The molecule has 192 valence electrons. The van der Waals surface area contributed by atoms with E-state index in [-0.39, 0.29) is 43.1 Å². The number of carbonyl (C=O) groups is 3. The van der Waals surface area contributed by atoms with E-state index in [9.17, 15) is 18.8 Å². The minimum atomic E-state index is -0.763. The number of H-pyrrole nitrogens is 1. The first-order chi connectivity index (χ1) is 17.3. The van der Waals surface area contributed by atoms with Gasteiger partial charge < -0.3 is 19.9 Å². The topological polar surface area (TPSA) is 107 Å². The second-order valence-electron chi connectivity index (χ2n) is 9.37. The molecule has 1 aromatic carbocycles. The zero-order valence-electron chi connectivity index (χ0n) is 20.4. The Kier molecular flexibility index (Phi) is 6.78. The summed E-state index contributed by atoms with van der Waals surface area (Å²) in [6.07, 6.45) is 0.144. The van der Waals surface area contributed by atoms with Gasteiger partial charge in [-0.1, -0.05) is 0 Å². The quantitative estimate of drug-likeness (QED) is 0.590. The Bertz CT molecular complexity index is 1190. The van der Waals surface area contributed by atoms with E-state index in [0.29, 0.717) is 60.1 Å². The lowest BCUT2D eigenvalue weighted by Gasteiger charge is -2.27. The molecular formula is C25H30FN5O5. The molecule has 0 saturated carbocycles. The standard InChI is InChI=1S/C25H30FN5O5/c1-15-19(13-30-21-4-3-18(26)11-17(21)12-22(30)32)27-16(2)23(15)24(33)28-20-14-36-31(25(20)34)6-5-29-7-9-35-10-8-29/h3-4,11,20,27H,5-10,12-14H2,1-2H3,(H,28,33)/t20-/m1/s1. The molecule has 1 atom stereocenters. The SMILES string of the molecule is Cc1[nH]c(CN2C(=O)Cc3cc(F)ccc32)c(C)c1C(=O)N[C@@H]1CON(CCN2CCOCC2)C1=O. The summed E-state index contributed by atoms with van der Waals surface area (Å²) in [5.41, 5.74) is 3.81. The molecule has 2 fully saturated rings. The number of fused-ring (bicyclic) bond motifs is 1. The second kappa shape index (κ2) is 10.00. The first-order valence-electron chi connectivity index (χ1n) is 12.1. The maximum atomic E-state index is 13.6. The highest BCUT2D eigenvalue weighted by Crippen LogP contribution is 2.32. The molecule has 2 saturated heterocycles. The summed E-state index contributed by atoms with van der Waals surface area (Å²) < 4.78 is 18.9. The van der Waals surface area contributed by atoms with Crippen LogP contribution in [-0.4, -0.2) is 84.7 Å². The molecule has 1 aromatic heterocycles. The lowest BCUT2D eigenvalue weighted by molar-refractivity contribution is -0.163. The van der Waals surface area contributed by atoms with E-state index in [0.717, 1.165) is 13.1 Å². The van der Waals surface area contributed by atoms with Crippen molar-refractivity contribution in [1.29, 1.82) is 0 Å². The zero-order valence-corrected chi connectivity index (χ0v) is 20.4. The molecule has 11 heteroatoms. The fraction of sp³-hybridized carbons (Fsp3) is 0.480. The zero-order chi connectivity index (χ0) is 25.4. The minimum absolute atomic E-state index is 0.0820. The first-order valence-corrected chi connectivity index (χ1v) is 12.1. The van der Waals surface area contributed by atoms with Gasteiger partial charge in [0.05, 0.1) is 38.3 Å². The molecule has 0 bridgehead atoms. The number of benzene rings is 1. The average molecular weight is 500 g/mol. The Morgan fingerprint density at radius 3 is 2.75 bits per heavy atom. The van der Waals surface area contributed by atoms with Crippen LogP contribution in [0.3, 0.4) is 0 Å². The van der Waals surface area contributed by atoms with Crippen molar-refractivity contribution < 1.29 is 28.3 Å². The minimum Gasteiger partial charge on any atom is -0.379 e. The van der Waals surface area contributed by atoms with Gasteiger partial charge in [-0.3, -0.25) is 24.1 Å². The first kappa shape index (κ1) is 24.4. The summed E-state index contributed by atoms with van der Waals surface area (Å²) in [7, 11) is 0. The number of hydrogen-bond donors (Lipinski definition) is 2. The number of ether oxygens (including phenoxy) is 1. The van der Waals surface area contributed by atoms with Crippen LogP contribution >= 0.6 is 0 Å². The van der Waals surface area contributed by atoms with Gasteiger partial charge in [-0.15, -0.1) is 0 Å². The molecule has 0 aliphatic carbocycles. The number of morpholine rings is 1. The number of nitrogens with zero attached hydrogens (tertiary/aromatic N) is 3. The smallest absolute Gasteiger partial charge is 0.271 e. The number of amides is 3. The number of nitrogens with one attached hydrogen (secondary N) is 2. The molecule has 0 spiro atoms. The molecule has 5 rings (SSSR count). The van der Waals surface area contributed by atoms with Gasteiger partial charge in [0.25, 0.3) is 11.8 Å². The Morgan fingerprint density at radius 2 is 1.97 bits per heavy atom. The van der Waals surface area contributed by atoms with Crippen LogP contribution < -0.4 is 10.2 Å². The van der Waals surface area contributed by atoms with Crippen molar-refractivity contribution in [2.24, 2.45) is 0 Å². The van der Waals surface area contributed by atoms with Crippen molar-refractivity contribution in [2.45, 2.75) is 32.9 Å². The predicted octanol–water partition coefficient (Wildman–Crippen LogP) is 1.06. The number of rotatable bonds is 7. The lowest BCUT2D eigenvalue weighted by Crippen LogP contribution is -2.45. The maximum absolute atomic E-state index is 13.6. The molecule has 3 amide bonds. The largest absolute Gasteiger partial charge is 0.379 e. The van der Waals surface area contributed by atoms with Gasteiger partial charge in [0.15, 0.2) is 0 Å². The summed E-state index contributed by atoms with van der Waals surface area (Å²) >= 11 is 0. The monoisotopic (exact) mass is 499 g/mol. The Balaban J connectivity index is 1.22. The fourth-order valence-corrected chi connectivity index (χ4v) is 5.04. The molecule has 10 nitrogen and oxygen atoms in total. The maximum Gasteiger partial charge on any atom is 0.271 e. The predicted molar refractivity (Wildman–Crippen MR) is 128 cm³/mol. The highest BCUT2D eigenvalue weighted by atomic mass is 19.1. The fourth-order valence-electron chi connectivity index (χ4n) is 5.04. The number of aryl methyl sites for hydroxylation is 1. The molecule has 2 aromatic rings. The van der Waals surface area contributed by atoms with Crippen molar-refractivity contribution in [3.8, 4) is 0 Å². The van der Waals surface area contributed by atoms with E-state index in [1.165, 1.54) is 17.2 Å². The van der Waals surface area contributed by atoms with Crippen LogP contribution in [0.2, 0.25) is 0 Å². The summed E-state index contributed by atoms with van der Waals surface area (Å²) in [4.78, 5) is 51.1. The molecule has 36 heavy (non-hydrogen) atoms. The number of hydrogen-bond acceptors (Lipinski definition) is 6. The van der Waals surface area contributed by atoms with E-state index in [1.807, 2.05) is 6.92 Å². The average Bonchev–Trinajstić information content (AvgIpc) is 3.45. The lowest BCUT2D eigenvalue weighted by atomic mass is 10.1. The molecule has 0 unspecified atom stereocenters. The molecule has 3 aliphatic rings. The third kappa shape index (κ3) is 4.73. The van der Waals surface area contributed by atoms with Crippen LogP contribution in [0.5, 0.6) is 0 Å². The van der Waals surface area contributed by atoms with E-state index >= 15 is 0 Å². The highest BCUT2D eigenvalue weighted by molar-refractivity contribution is 6.02. The number of anilines is 1. The van der Waals surface area contributed by atoms with E-state index in [4.69, 9.17) is 9.57 Å². The van der Waals surface area contributed by atoms with Crippen LogP contribution in [0.4, 0.5) is 10.1 Å². The normalized spacial score (nSPS) is 20.4. The molecule has 3 aliphatic heterocycles. The van der Waals surface area contributed by atoms with Gasteiger partial charge in [-0.2, -0.15) is 0 Å².